The molecule has 0 radical (unpaired) electrons. The molecule has 7 nitrogen and oxygen atoms in total. The van der Waals surface area contributed by atoms with E-state index in [1.165, 1.54) is 23.5 Å². The third-order valence-electron chi connectivity index (χ3n) is 2.97. The molecule has 0 aromatic heterocycles. The summed E-state index contributed by atoms with van der Waals surface area (Å²) in [5.41, 5.74) is 5.36. The molecule has 112 valence electrons. The van der Waals surface area contributed by atoms with Gasteiger partial charge in [-0.25, -0.2) is 12.7 Å². The number of benzene rings is 1. The average Bonchev–Trinajstić information content (AvgIpc) is 2.38. The summed E-state index contributed by atoms with van der Waals surface area (Å²) in [6.07, 6.45) is 2.64. The largest absolute Gasteiger partial charge is 0.398 e. The van der Waals surface area contributed by atoms with Crippen molar-refractivity contribution in [3.8, 4) is 0 Å². The Morgan fingerprint density at radius 1 is 1.35 bits per heavy atom. The predicted octanol–water partition coefficient (Wildman–Crippen LogP) is 1.99. The van der Waals surface area contributed by atoms with Gasteiger partial charge >= 0.3 is 0 Å². The molecule has 0 unspecified atom stereocenters. The summed E-state index contributed by atoms with van der Waals surface area (Å²) in [5.74, 6) is 0. The molecule has 0 spiro atoms. The van der Waals surface area contributed by atoms with E-state index in [1.807, 2.05) is 6.92 Å². The van der Waals surface area contributed by atoms with E-state index in [4.69, 9.17) is 5.73 Å². The Kier molecular flexibility index (Phi) is 5.46. The van der Waals surface area contributed by atoms with Crippen LogP contribution in [0.25, 0.3) is 0 Å². The van der Waals surface area contributed by atoms with Gasteiger partial charge in [-0.3, -0.25) is 10.1 Å². The fraction of sp³-hybridized carbons (Fsp3) is 0.500. The van der Waals surface area contributed by atoms with Crippen molar-refractivity contribution >= 4 is 21.4 Å². The second-order valence-electron chi connectivity index (χ2n) is 4.51. The highest BCUT2D eigenvalue weighted by molar-refractivity contribution is 7.89. The van der Waals surface area contributed by atoms with Crippen LogP contribution in [0.2, 0.25) is 0 Å². The minimum absolute atomic E-state index is 0.0120. The van der Waals surface area contributed by atoms with Crippen molar-refractivity contribution in [2.24, 2.45) is 0 Å². The number of nitrogen functional groups attached to an aromatic ring is 1. The first-order chi connectivity index (χ1) is 9.30. The van der Waals surface area contributed by atoms with Crippen LogP contribution in [0.3, 0.4) is 0 Å². The van der Waals surface area contributed by atoms with E-state index in [-0.39, 0.29) is 16.3 Å². The average molecular weight is 301 g/mol. The molecule has 0 saturated heterocycles. The number of nitrogens with two attached hydrogens (primary N) is 1. The van der Waals surface area contributed by atoms with Gasteiger partial charge in [-0.15, -0.1) is 0 Å². The van der Waals surface area contributed by atoms with Gasteiger partial charge in [0.2, 0.25) is 10.0 Å². The number of hydrogen-bond donors (Lipinski definition) is 1. The third kappa shape index (κ3) is 3.67. The van der Waals surface area contributed by atoms with E-state index >= 15 is 0 Å². The molecule has 8 heteroatoms. The van der Waals surface area contributed by atoms with Crippen LogP contribution in [0.15, 0.2) is 23.1 Å². The van der Waals surface area contributed by atoms with E-state index in [2.05, 4.69) is 0 Å². The van der Waals surface area contributed by atoms with Gasteiger partial charge in [-0.2, -0.15) is 0 Å². The lowest BCUT2D eigenvalue weighted by atomic mass is 10.2. The number of nitrogens with zero attached hydrogens (tertiary/aromatic N) is 2. The number of non-ortho nitro benzene ring substituents is 1. The van der Waals surface area contributed by atoms with Gasteiger partial charge in [0.25, 0.3) is 5.69 Å². The molecule has 0 saturated carbocycles. The van der Waals surface area contributed by atoms with Crippen molar-refractivity contribution in [2.75, 3.05) is 19.3 Å². The number of rotatable bonds is 7. The molecule has 1 aromatic rings. The summed E-state index contributed by atoms with van der Waals surface area (Å²) >= 11 is 0. The lowest BCUT2D eigenvalue weighted by Gasteiger charge is -2.18. The zero-order valence-corrected chi connectivity index (χ0v) is 12.4. The third-order valence-corrected chi connectivity index (χ3v) is 4.89. The minimum Gasteiger partial charge on any atom is -0.398 e. The molecule has 2 N–H and O–H groups in total. The van der Waals surface area contributed by atoms with E-state index in [1.54, 1.807) is 0 Å². The first-order valence-electron chi connectivity index (χ1n) is 6.31. The van der Waals surface area contributed by atoms with Gasteiger partial charge < -0.3 is 5.73 Å². The SMILES string of the molecule is CCCCCN(C)S(=O)(=O)c1cc([N+](=O)[O-])ccc1N. The molecule has 0 aliphatic rings. The monoisotopic (exact) mass is 301 g/mol. The van der Waals surface area contributed by atoms with E-state index in [0.29, 0.717) is 6.54 Å². The number of nitro benzene ring substituents is 1. The lowest BCUT2D eigenvalue weighted by molar-refractivity contribution is -0.385. The first-order valence-corrected chi connectivity index (χ1v) is 7.75. The molecule has 0 bridgehead atoms. The second-order valence-corrected chi connectivity index (χ2v) is 6.53. The van der Waals surface area contributed by atoms with Crippen molar-refractivity contribution < 1.29 is 13.3 Å². The molecule has 0 aliphatic heterocycles. The highest BCUT2D eigenvalue weighted by atomic mass is 32.2. The normalized spacial score (nSPS) is 11.8. The number of nitro groups is 1. The maximum absolute atomic E-state index is 12.3. The fourth-order valence-electron chi connectivity index (χ4n) is 1.73. The van der Waals surface area contributed by atoms with Gasteiger partial charge in [0.05, 0.1) is 10.6 Å². The zero-order valence-electron chi connectivity index (χ0n) is 11.6. The molecular weight excluding hydrogens is 282 g/mol. The smallest absolute Gasteiger partial charge is 0.270 e. The Balaban J connectivity index is 3.08. The highest BCUT2D eigenvalue weighted by Gasteiger charge is 2.25. The number of sulfonamides is 1. The summed E-state index contributed by atoms with van der Waals surface area (Å²) in [6.45, 7) is 2.38. The molecule has 0 amide bonds. The summed E-state index contributed by atoms with van der Waals surface area (Å²) in [6, 6.07) is 3.43. The van der Waals surface area contributed by atoms with Crippen LogP contribution in [-0.4, -0.2) is 31.2 Å². The van der Waals surface area contributed by atoms with E-state index in [0.717, 1.165) is 25.3 Å². The van der Waals surface area contributed by atoms with Gasteiger partial charge in [0.1, 0.15) is 4.90 Å². The van der Waals surface area contributed by atoms with E-state index in [9.17, 15) is 18.5 Å². The van der Waals surface area contributed by atoms with Crippen molar-refractivity contribution in [3.05, 3.63) is 28.3 Å². The van der Waals surface area contributed by atoms with Gasteiger partial charge in [0.15, 0.2) is 0 Å². The first kappa shape index (κ1) is 16.4. The summed E-state index contributed by atoms with van der Waals surface area (Å²) < 4.78 is 25.9. The Labute approximate surface area is 118 Å². The standard InChI is InChI=1S/C12H19N3O4S/c1-3-4-5-8-14(2)20(18,19)12-9-10(15(16)17)6-7-11(12)13/h6-7,9H,3-5,8,13H2,1-2H3. The fourth-order valence-corrected chi connectivity index (χ4v) is 3.07. The second kappa shape index (κ2) is 6.67. The van der Waals surface area contributed by atoms with Crippen LogP contribution in [0.1, 0.15) is 26.2 Å². The van der Waals surface area contributed by atoms with Crippen LogP contribution in [0.5, 0.6) is 0 Å². The number of hydrogen-bond acceptors (Lipinski definition) is 5. The summed E-state index contributed by atoms with van der Waals surface area (Å²) in [4.78, 5) is 9.87. The van der Waals surface area contributed by atoms with Crippen molar-refractivity contribution in [2.45, 2.75) is 31.1 Å². The minimum atomic E-state index is -3.80. The molecule has 0 atom stereocenters. The van der Waals surface area contributed by atoms with Crippen LogP contribution < -0.4 is 5.73 Å². The maximum atomic E-state index is 12.3. The lowest BCUT2D eigenvalue weighted by Crippen LogP contribution is -2.28. The molecule has 0 fully saturated rings. The Morgan fingerprint density at radius 2 is 2.00 bits per heavy atom. The van der Waals surface area contributed by atoms with E-state index < -0.39 is 14.9 Å². The van der Waals surface area contributed by atoms with Crippen LogP contribution in [-0.2, 0) is 10.0 Å². The zero-order chi connectivity index (χ0) is 15.3. The highest BCUT2D eigenvalue weighted by Crippen LogP contribution is 2.26. The Bertz CT molecular complexity index is 586. The van der Waals surface area contributed by atoms with Crippen LogP contribution in [0, 0.1) is 10.1 Å². The molecular formula is C12H19N3O4S. The molecule has 20 heavy (non-hydrogen) atoms. The number of anilines is 1. The molecule has 0 aliphatic carbocycles. The topological polar surface area (TPSA) is 107 Å². The Morgan fingerprint density at radius 3 is 2.55 bits per heavy atom. The van der Waals surface area contributed by atoms with Crippen molar-refractivity contribution in [1.82, 2.24) is 4.31 Å². The molecule has 1 aromatic carbocycles. The maximum Gasteiger partial charge on any atom is 0.270 e. The Hall–Kier alpha value is -1.67. The van der Waals surface area contributed by atoms with Crippen LogP contribution >= 0.6 is 0 Å². The quantitative estimate of drug-likeness (QED) is 0.359. The van der Waals surface area contributed by atoms with Gasteiger partial charge in [0, 0.05) is 25.7 Å². The van der Waals surface area contributed by atoms with Crippen LogP contribution in [0.4, 0.5) is 11.4 Å². The van der Waals surface area contributed by atoms with Gasteiger partial charge in [-0.1, -0.05) is 19.8 Å². The van der Waals surface area contributed by atoms with Crippen molar-refractivity contribution in [1.29, 1.82) is 0 Å². The predicted molar refractivity (Wildman–Crippen MR) is 76.8 cm³/mol. The summed E-state index contributed by atoms with van der Waals surface area (Å²) in [7, 11) is -2.35. The van der Waals surface area contributed by atoms with Crippen molar-refractivity contribution in [3.63, 3.8) is 0 Å². The summed E-state index contributed by atoms with van der Waals surface area (Å²) in [5, 5.41) is 10.7. The number of unbranched alkanes of at least 4 members (excludes halogenated alkanes) is 2. The molecule has 0 heterocycles. The molecule has 1 rings (SSSR count). The van der Waals surface area contributed by atoms with Gasteiger partial charge in [-0.05, 0) is 12.5 Å².